The van der Waals surface area contributed by atoms with Crippen molar-refractivity contribution in [1.82, 2.24) is 25.5 Å². The molecule has 0 spiro atoms. The van der Waals surface area contributed by atoms with Crippen LogP contribution in [0.5, 0.6) is 0 Å². The Morgan fingerprint density at radius 2 is 1.92 bits per heavy atom. The van der Waals surface area contributed by atoms with E-state index in [2.05, 4.69) is 26.2 Å². The standard InChI is InChI=1S/C18H18N6O2/c1-13(20-18(26)14-6-3-2-4-7-14)10-17(25)21-15-8-5-9-16(11-15)24-12-19-22-23-24/h2-9,11-13H,10H2,1H3,(H,20,26)(H,21,25). The number of hydrogen-bond donors (Lipinski definition) is 2. The molecule has 0 saturated carbocycles. The molecule has 0 saturated heterocycles. The van der Waals surface area contributed by atoms with Gasteiger partial charge in [-0.25, -0.2) is 4.68 Å². The third-order valence-corrected chi connectivity index (χ3v) is 3.65. The normalized spacial score (nSPS) is 11.6. The lowest BCUT2D eigenvalue weighted by Gasteiger charge is -2.14. The molecule has 2 amide bonds. The van der Waals surface area contributed by atoms with Gasteiger partial charge in [-0.2, -0.15) is 0 Å². The van der Waals surface area contributed by atoms with Crippen molar-refractivity contribution < 1.29 is 9.59 Å². The first-order chi connectivity index (χ1) is 12.6. The van der Waals surface area contributed by atoms with E-state index in [1.54, 1.807) is 49.4 Å². The van der Waals surface area contributed by atoms with Crippen molar-refractivity contribution in [2.45, 2.75) is 19.4 Å². The minimum atomic E-state index is -0.301. The fourth-order valence-corrected chi connectivity index (χ4v) is 2.44. The second-order valence-corrected chi connectivity index (χ2v) is 5.80. The minimum absolute atomic E-state index is 0.160. The average Bonchev–Trinajstić information content (AvgIpc) is 3.17. The van der Waals surface area contributed by atoms with Gasteiger partial charge in [0, 0.05) is 23.7 Å². The van der Waals surface area contributed by atoms with Crippen LogP contribution in [0.3, 0.4) is 0 Å². The molecule has 1 unspecified atom stereocenters. The van der Waals surface area contributed by atoms with Crippen molar-refractivity contribution in [3.05, 3.63) is 66.5 Å². The van der Waals surface area contributed by atoms with Gasteiger partial charge < -0.3 is 10.6 Å². The van der Waals surface area contributed by atoms with Crippen molar-refractivity contribution in [3.63, 3.8) is 0 Å². The first kappa shape index (κ1) is 17.3. The summed E-state index contributed by atoms with van der Waals surface area (Å²) in [4.78, 5) is 24.3. The molecule has 0 fully saturated rings. The first-order valence-corrected chi connectivity index (χ1v) is 8.11. The van der Waals surface area contributed by atoms with E-state index in [0.29, 0.717) is 11.3 Å². The molecule has 1 heterocycles. The highest BCUT2D eigenvalue weighted by molar-refractivity contribution is 5.95. The van der Waals surface area contributed by atoms with E-state index in [0.717, 1.165) is 5.69 Å². The Morgan fingerprint density at radius 3 is 2.65 bits per heavy atom. The molecule has 8 nitrogen and oxygen atoms in total. The van der Waals surface area contributed by atoms with Crippen molar-refractivity contribution >= 4 is 17.5 Å². The lowest BCUT2D eigenvalue weighted by molar-refractivity contribution is -0.116. The summed E-state index contributed by atoms with van der Waals surface area (Å²) in [7, 11) is 0. The Hall–Kier alpha value is -3.55. The molecular weight excluding hydrogens is 332 g/mol. The quantitative estimate of drug-likeness (QED) is 0.706. The van der Waals surface area contributed by atoms with Crippen LogP contribution in [0.25, 0.3) is 5.69 Å². The van der Waals surface area contributed by atoms with E-state index in [1.165, 1.54) is 11.0 Å². The van der Waals surface area contributed by atoms with Crippen LogP contribution < -0.4 is 10.6 Å². The van der Waals surface area contributed by atoms with Crippen molar-refractivity contribution in [1.29, 1.82) is 0 Å². The number of nitrogens with zero attached hydrogens (tertiary/aromatic N) is 4. The highest BCUT2D eigenvalue weighted by Crippen LogP contribution is 2.14. The maximum Gasteiger partial charge on any atom is 0.251 e. The Labute approximate surface area is 150 Å². The zero-order valence-corrected chi connectivity index (χ0v) is 14.2. The topological polar surface area (TPSA) is 102 Å². The number of amides is 2. The minimum Gasteiger partial charge on any atom is -0.349 e. The largest absolute Gasteiger partial charge is 0.349 e. The van der Waals surface area contributed by atoms with E-state index in [1.807, 2.05) is 12.1 Å². The molecular formula is C18H18N6O2. The predicted molar refractivity (Wildman–Crippen MR) is 95.8 cm³/mol. The van der Waals surface area contributed by atoms with Crippen LogP contribution in [0.2, 0.25) is 0 Å². The van der Waals surface area contributed by atoms with E-state index in [9.17, 15) is 9.59 Å². The Bertz CT molecular complexity index is 880. The SMILES string of the molecule is CC(CC(=O)Nc1cccc(-n2cnnn2)c1)NC(=O)c1ccccc1. The highest BCUT2D eigenvalue weighted by atomic mass is 16.2. The summed E-state index contributed by atoms with van der Waals surface area (Å²) in [6, 6.07) is 15.8. The second kappa shape index (κ2) is 8.02. The van der Waals surface area contributed by atoms with E-state index in [4.69, 9.17) is 0 Å². The van der Waals surface area contributed by atoms with Crippen molar-refractivity contribution in [2.75, 3.05) is 5.32 Å². The number of rotatable bonds is 6. The molecule has 0 aliphatic rings. The molecule has 26 heavy (non-hydrogen) atoms. The highest BCUT2D eigenvalue weighted by Gasteiger charge is 2.13. The smallest absolute Gasteiger partial charge is 0.251 e. The van der Waals surface area contributed by atoms with E-state index >= 15 is 0 Å². The molecule has 1 aromatic heterocycles. The van der Waals surface area contributed by atoms with Crippen LogP contribution in [0.15, 0.2) is 60.9 Å². The van der Waals surface area contributed by atoms with Crippen molar-refractivity contribution in [2.24, 2.45) is 0 Å². The van der Waals surface area contributed by atoms with Gasteiger partial charge in [0.15, 0.2) is 0 Å². The zero-order chi connectivity index (χ0) is 18.4. The number of benzene rings is 2. The van der Waals surface area contributed by atoms with Gasteiger partial charge in [0.2, 0.25) is 5.91 Å². The lowest BCUT2D eigenvalue weighted by atomic mass is 10.1. The van der Waals surface area contributed by atoms with Gasteiger partial charge >= 0.3 is 0 Å². The summed E-state index contributed by atoms with van der Waals surface area (Å²) >= 11 is 0. The number of tetrazole rings is 1. The number of carbonyl (C=O) groups excluding carboxylic acids is 2. The Kier molecular flexibility index (Phi) is 5.33. The number of hydrogen-bond acceptors (Lipinski definition) is 5. The fraction of sp³-hybridized carbons (Fsp3) is 0.167. The summed E-state index contributed by atoms with van der Waals surface area (Å²) < 4.78 is 1.50. The molecule has 0 bridgehead atoms. The Balaban J connectivity index is 1.55. The van der Waals surface area contributed by atoms with Crippen LogP contribution in [-0.4, -0.2) is 38.1 Å². The summed E-state index contributed by atoms with van der Waals surface area (Å²) in [5.74, 6) is -0.397. The van der Waals surface area contributed by atoms with Crippen LogP contribution in [-0.2, 0) is 4.79 Å². The summed E-state index contributed by atoms with van der Waals surface area (Å²) in [5, 5.41) is 16.6. The molecule has 2 N–H and O–H groups in total. The number of aromatic nitrogens is 4. The molecule has 3 rings (SSSR count). The molecule has 0 aliphatic carbocycles. The summed E-state index contributed by atoms with van der Waals surface area (Å²) in [5.41, 5.74) is 1.93. The van der Waals surface area contributed by atoms with Gasteiger partial charge in [0.25, 0.3) is 5.91 Å². The molecule has 3 aromatic rings. The van der Waals surface area contributed by atoms with Gasteiger partial charge in [-0.1, -0.05) is 24.3 Å². The molecule has 0 aliphatic heterocycles. The zero-order valence-electron chi connectivity index (χ0n) is 14.2. The van der Waals surface area contributed by atoms with Crippen LogP contribution in [0, 0.1) is 0 Å². The molecule has 2 aromatic carbocycles. The third-order valence-electron chi connectivity index (χ3n) is 3.65. The second-order valence-electron chi connectivity index (χ2n) is 5.80. The van der Waals surface area contributed by atoms with Crippen LogP contribution in [0.4, 0.5) is 5.69 Å². The first-order valence-electron chi connectivity index (χ1n) is 8.11. The van der Waals surface area contributed by atoms with Crippen LogP contribution in [0.1, 0.15) is 23.7 Å². The maximum atomic E-state index is 12.2. The van der Waals surface area contributed by atoms with Gasteiger partial charge in [0.05, 0.1) is 5.69 Å². The Morgan fingerprint density at radius 1 is 1.12 bits per heavy atom. The summed E-state index contributed by atoms with van der Waals surface area (Å²) in [6.07, 6.45) is 1.63. The lowest BCUT2D eigenvalue weighted by Crippen LogP contribution is -2.35. The molecule has 0 radical (unpaired) electrons. The maximum absolute atomic E-state index is 12.2. The number of anilines is 1. The monoisotopic (exact) mass is 350 g/mol. The van der Waals surface area contributed by atoms with Crippen LogP contribution >= 0.6 is 0 Å². The van der Waals surface area contributed by atoms with Gasteiger partial charge in [-0.05, 0) is 47.7 Å². The molecule has 1 atom stereocenters. The van der Waals surface area contributed by atoms with E-state index < -0.39 is 0 Å². The van der Waals surface area contributed by atoms with Gasteiger partial charge in [-0.15, -0.1) is 5.10 Å². The van der Waals surface area contributed by atoms with Gasteiger partial charge in [-0.3, -0.25) is 9.59 Å². The number of carbonyl (C=O) groups is 2. The fourth-order valence-electron chi connectivity index (χ4n) is 2.44. The average molecular weight is 350 g/mol. The van der Waals surface area contributed by atoms with Gasteiger partial charge in [0.1, 0.15) is 6.33 Å². The van der Waals surface area contributed by atoms with E-state index in [-0.39, 0.29) is 24.3 Å². The van der Waals surface area contributed by atoms with Crippen molar-refractivity contribution in [3.8, 4) is 5.69 Å². The number of nitrogens with one attached hydrogen (secondary N) is 2. The predicted octanol–water partition coefficient (Wildman–Crippen LogP) is 1.81. The molecule has 8 heteroatoms. The third kappa shape index (κ3) is 4.50. The summed E-state index contributed by atoms with van der Waals surface area (Å²) in [6.45, 7) is 1.79. The molecule has 132 valence electrons.